The second-order valence-corrected chi connectivity index (χ2v) is 7.30. The highest BCUT2D eigenvalue weighted by Gasteiger charge is 2.20. The third-order valence-electron chi connectivity index (χ3n) is 4.14. The van der Waals surface area contributed by atoms with Crippen LogP contribution < -0.4 is 5.32 Å². The van der Waals surface area contributed by atoms with Crippen molar-refractivity contribution in [2.45, 2.75) is 63.8 Å². The van der Waals surface area contributed by atoms with E-state index in [2.05, 4.69) is 29.1 Å². The van der Waals surface area contributed by atoms with Gasteiger partial charge in [0.2, 0.25) is 0 Å². The number of halogens is 1. The zero-order valence-electron chi connectivity index (χ0n) is 12.8. The van der Waals surface area contributed by atoms with E-state index in [0.29, 0.717) is 6.04 Å². The first-order valence-electron chi connectivity index (χ1n) is 7.66. The van der Waals surface area contributed by atoms with E-state index in [1.165, 1.54) is 31.4 Å². The normalized spacial score (nSPS) is 17.8. The van der Waals surface area contributed by atoms with E-state index in [0.717, 1.165) is 34.7 Å². The summed E-state index contributed by atoms with van der Waals surface area (Å²) >= 11 is 8.53. The van der Waals surface area contributed by atoms with E-state index < -0.39 is 0 Å². The number of aryl methyl sites for hydroxylation is 2. The van der Waals surface area contributed by atoms with Crippen LogP contribution in [0.1, 0.15) is 44.0 Å². The molecule has 1 aromatic heterocycles. The molecule has 1 aliphatic carbocycles. The molecule has 1 saturated carbocycles. The van der Waals surface area contributed by atoms with Gasteiger partial charge in [-0.1, -0.05) is 24.4 Å². The summed E-state index contributed by atoms with van der Waals surface area (Å²) in [6.07, 6.45) is 6.58. The summed E-state index contributed by atoms with van der Waals surface area (Å²) in [6.45, 7) is 4.99. The first kappa shape index (κ1) is 16.2. The summed E-state index contributed by atoms with van der Waals surface area (Å²) in [4.78, 5) is 0. The highest BCUT2D eigenvalue weighted by atomic mass is 35.5. The summed E-state index contributed by atoms with van der Waals surface area (Å²) < 4.78 is 2.04. The Labute approximate surface area is 131 Å². The van der Waals surface area contributed by atoms with E-state index in [1.54, 1.807) is 0 Å². The molecule has 1 aromatic rings. The monoisotopic (exact) mass is 315 g/mol. The Kier molecular flexibility index (Phi) is 6.24. The predicted octanol–water partition coefficient (Wildman–Crippen LogP) is 3.67. The molecule has 0 radical (unpaired) electrons. The third kappa shape index (κ3) is 3.92. The van der Waals surface area contributed by atoms with Crippen LogP contribution in [0, 0.1) is 6.92 Å². The van der Waals surface area contributed by atoms with Crippen molar-refractivity contribution in [2.24, 2.45) is 0 Å². The smallest absolute Gasteiger partial charge is 0.0847 e. The molecule has 0 spiro atoms. The second kappa shape index (κ2) is 7.71. The zero-order chi connectivity index (χ0) is 14.5. The van der Waals surface area contributed by atoms with Crippen LogP contribution >= 0.6 is 23.4 Å². The van der Waals surface area contributed by atoms with Crippen LogP contribution in [0.15, 0.2) is 0 Å². The summed E-state index contributed by atoms with van der Waals surface area (Å²) in [6, 6.07) is 0.472. The quantitative estimate of drug-likeness (QED) is 0.832. The van der Waals surface area contributed by atoms with Crippen LogP contribution in [-0.2, 0) is 13.0 Å². The number of rotatable bonds is 7. The molecule has 1 atom stereocenters. The van der Waals surface area contributed by atoms with Gasteiger partial charge < -0.3 is 5.32 Å². The highest BCUT2D eigenvalue weighted by Crippen LogP contribution is 2.30. The van der Waals surface area contributed by atoms with Crippen molar-refractivity contribution < 1.29 is 0 Å². The van der Waals surface area contributed by atoms with Gasteiger partial charge in [0.1, 0.15) is 0 Å². The molecule has 5 heteroatoms. The Morgan fingerprint density at radius 2 is 2.15 bits per heavy atom. The van der Waals surface area contributed by atoms with Gasteiger partial charge in [0.15, 0.2) is 0 Å². The molecule has 20 heavy (non-hydrogen) atoms. The molecule has 114 valence electrons. The average molecular weight is 316 g/mol. The van der Waals surface area contributed by atoms with Gasteiger partial charge in [-0.2, -0.15) is 16.9 Å². The molecule has 1 N–H and O–H groups in total. The Morgan fingerprint density at radius 1 is 1.45 bits per heavy atom. The molecule has 1 heterocycles. The number of nitrogens with zero attached hydrogens (tertiary/aromatic N) is 2. The number of thioether (sulfide) groups is 1. The summed E-state index contributed by atoms with van der Waals surface area (Å²) in [7, 11) is 2.05. The fourth-order valence-corrected chi connectivity index (χ4v) is 4.52. The van der Waals surface area contributed by atoms with E-state index in [-0.39, 0.29) is 0 Å². The maximum atomic E-state index is 6.40. The number of hydrogen-bond donors (Lipinski definition) is 1. The fraction of sp³-hybridized carbons (Fsp3) is 0.800. The predicted molar refractivity (Wildman–Crippen MR) is 88.9 cm³/mol. The van der Waals surface area contributed by atoms with Crippen molar-refractivity contribution in [3.05, 3.63) is 16.4 Å². The third-order valence-corrected chi connectivity index (χ3v) is 6.17. The van der Waals surface area contributed by atoms with Gasteiger partial charge in [-0.25, -0.2) is 0 Å². The van der Waals surface area contributed by atoms with Crippen LogP contribution in [0.2, 0.25) is 5.02 Å². The molecule has 2 rings (SSSR count). The molecule has 1 aliphatic rings. The largest absolute Gasteiger partial charge is 0.316 e. The van der Waals surface area contributed by atoms with E-state index in [1.807, 2.05) is 18.7 Å². The Morgan fingerprint density at radius 3 is 2.75 bits per heavy atom. The topological polar surface area (TPSA) is 29.9 Å². The van der Waals surface area contributed by atoms with Crippen molar-refractivity contribution in [3.63, 3.8) is 0 Å². The molecule has 0 saturated heterocycles. The SMILES string of the molecule is CCn1nc(C)c(Cl)c1CC(CSC1CCCC1)NC. The maximum absolute atomic E-state index is 6.40. The summed E-state index contributed by atoms with van der Waals surface area (Å²) in [5.41, 5.74) is 2.12. The Hall–Kier alpha value is -0.190. The molecule has 1 fully saturated rings. The molecule has 1 unspecified atom stereocenters. The lowest BCUT2D eigenvalue weighted by Gasteiger charge is -2.19. The van der Waals surface area contributed by atoms with Gasteiger partial charge in [-0.15, -0.1) is 0 Å². The lowest BCUT2D eigenvalue weighted by molar-refractivity contribution is 0.555. The molecule has 0 aromatic carbocycles. The molecule has 3 nitrogen and oxygen atoms in total. The minimum absolute atomic E-state index is 0.472. The minimum atomic E-state index is 0.472. The van der Waals surface area contributed by atoms with Crippen LogP contribution in [0.4, 0.5) is 0 Å². The number of hydrogen-bond acceptors (Lipinski definition) is 3. The van der Waals surface area contributed by atoms with Gasteiger partial charge in [-0.3, -0.25) is 4.68 Å². The van der Waals surface area contributed by atoms with Gasteiger partial charge in [0, 0.05) is 30.0 Å². The van der Waals surface area contributed by atoms with Crippen molar-refractivity contribution in [1.29, 1.82) is 0 Å². The molecule has 0 amide bonds. The maximum Gasteiger partial charge on any atom is 0.0847 e. The van der Waals surface area contributed by atoms with Crippen molar-refractivity contribution in [3.8, 4) is 0 Å². The van der Waals surface area contributed by atoms with Crippen LogP contribution in [0.25, 0.3) is 0 Å². The molecule has 0 aliphatic heterocycles. The number of nitrogens with one attached hydrogen (secondary N) is 1. The summed E-state index contributed by atoms with van der Waals surface area (Å²) in [5, 5.41) is 9.66. The zero-order valence-corrected chi connectivity index (χ0v) is 14.4. The lowest BCUT2D eigenvalue weighted by atomic mass is 10.1. The van der Waals surface area contributed by atoms with Crippen LogP contribution in [0.3, 0.4) is 0 Å². The van der Waals surface area contributed by atoms with E-state index in [4.69, 9.17) is 11.6 Å². The van der Waals surface area contributed by atoms with Gasteiger partial charge >= 0.3 is 0 Å². The second-order valence-electron chi connectivity index (χ2n) is 5.59. The first-order chi connectivity index (χ1) is 9.65. The molecular formula is C15H26ClN3S. The molecule has 0 bridgehead atoms. The summed E-state index contributed by atoms with van der Waals surface area (Å²) in [5.74, 6) is 1.16. The Balaban J connectivity index is 1.95. The number of likely N-dealkylation sites (N-methyl/N-ethyl adjacent to an activating group) is 1. The van der Waals surface area contributed by atoms with Gasteiger partial charge in [0.25, 0.3) is 0 Å². The fourth-order valence-electron chi connectivity index (χ4n) is 2.85. The highest BCUT2D eigenvalue weighted by molar-refractivity contribution is 7.99. The lowest BCUT2D eigenvalue weighted by Crippen LogP contribution is -2.31. The van der Waals surface area contributed by atoms with E-state index in [9.17, 15) is 0 Å². The first-order valence-corrected chi connectivity index (χ1v) is 9.09. The van der Waals surface area contributed by atoms with Gasteiger partial charge in [0.05, 0.1) is 16.4 Å². The number of aromatic nitrogens is 2. The van der Waals surface area contributed by atoms with Crippen LogP contribution in [-0.4, -0.2) is 33.9 Å². The van der Waals surface area contributed by atoms with Crippen LogP contribution in [0.5, 0.6) is 0 Å². The van der Waals surface area contributed by atoms with E-state index >= 15 is 0 Å². The molecular weight excluding hydrogens is 290 g/mol. The standard InChI is InChI=1S/C15H26ClN3S/c1-4-19-14(15(16)11(2)18-19)9-12(17-3)10-20-13-7-5-6-8-13/h12-13,17H,4-10H2,1-3H3. The van der Waals surface area contributed by atoms with Gasteiger partial charge in [-0.05, 0) is 33.7 Å². The minimum Gasteiger partial charge on any atom is -0.316 e. The van der Waals surface area contributed by atoms with Crippen molar-refractivity contribution in [1.82, 2.24) is 15.1 Å². The Bertz CT molecular complexity index is 427. The van der Waals surface area contributed by atoms with Crippen molar-refractivity contribution >= 4 is 23.4 Å². The van der Waals surface area contributed by atoms with Crippen molar-refractivity contribution in [2.75, 3.05) is 12.8 Å². The average Bonchev–Trinajstić information content (AvgIpc) is 3.06.